The number of hydrogen-bond acceptors (Lipinski definition) is 4. The maximum atomic E-state index is 12.3. The molecule has 4 nitrogen and oxygen atoms in total. The van der Waals surface area contributed by atoms with E-state index in [0.717, 1.165) is 12.1 Å². The third kappa shape index (κ3) is 3.88. The lowest BCUT2D eigenvalue weighted by Gasteiger charge is -2.11. The van der Waals surface area contributed by atoms with Crippen LogP contribution in [0.25, 0.3) is 11.3 Å². The van der Waals surface area contributed by atoms with Gasteiger partial charge in [-0.1, -0.05) is 23.7 Å². The van der Waals surface area contributed by atoms with Crippen LogP contribution < -0.4 is 4.74 Å². The first-order chi connectivity index (χ1) is 10.3. The zero-order valence-corrected chi connectivity index (χ0v) is 11.9. The van der Waals surface area contributed by atoms with Crippen LogP contribution >= 0.6 is 11.6 Å². The highest BCUT2D eigenvalue weighted by molar-refractivity contribution is 6.30. The fourth-order valence-corrected chi connectivity index (χ4v) is 1.93. The Morgan fingerprint density at radius 2 is 2.00 bits per heavy atom. The summed E-state index contributed by atoms with van der Waals surface area (Å²) in [5.41, 5.74) is 0.446. The Kier molecular flexibility index (Phi) is 4.56. The lowest BCUT2D eigenvalue weighted by Crippen LogP contribution is -2.17. The highest BCUT2D eigenvalue weighted by Gasteiger charge is 2.31. The summed E-state index contributed by atoms with van der Waals surface area (Å²) in [6.07, 6.45) is -3.53. The van der Waals surface area contributed by atoms with E-state index in [2.05, 4.69) is 14.5 Å². The number of methoxy groups -OCH3 is 1. The van der Waals surface area contributed by atoms with E-state index in [1.807, 2.05) is 0 Å². The standard InChI is InChI=1S/C14H9ClF3NO3/c1-21-13(20)11-6-9(15)7-19-12(11)8-3-2-4-10(5-8)22-14(16,17)18/h2-7H,1H3. The molecule has 0 fully saturated rings. The Morgan fingerprint density at radius 1 is 1.27 bits per heavy atom. The lowest BCUT2D eigenvalue weighted by atomic mass is 10.1. The van der Waals surface area contributed by atoms with E-state index in [1.54, 1.807) is 0 Å². The van der Waals surface area contributed by atoms with E-state index in [9.17, 15) is 18.0 Å². The molecule has 0 saturated carbocycles. The Balaban J connectivity index is 2.48. The minimum absolute atomic E-state index is 0.0409. The van der Waals surface area contributed by atoms with Gasteiger partial charge in [-0.25, -0.2) is 4.79 Å². The molecule has 1 aromatic carbocycles. The number of carbonyl (C=O) groups is 1. The number of alkyl halides is 3. The SMILES string of the molecule is COC(=O)c1cc(Cl)cnc1-c1cccc(OC(F)(F)F)c1. The van der Waals surface area contributed by atoms with Gasteiger partial charge in [-0.3, -0.25) is 4.98 Å². The lowest BCUT2D eigenvalue weighted by molar-refractivity contribution is -0.274. The van der Waals surface area contributed by atoms with Crippen LogP contribution in [-0.4, -0.2) is 24.4 Å². The van der Waals surface area contributed by atoms with Gasteiger partial charge in [-0.2, -0.15) is 0 Å². The minimum Gasteiger partial charge on any atom is -0.465 e. The van der Waals surface area contributed by atoms with Gasteiger partial charge < -0.3 is 9.47 Å². The summed E-state index contributed by atoms with van der Waals surface area (Å²) in [7, 11) is 1.18. The maximum Gasteiger partial charge on any atom is 0.573 e. The van der Waals surface area contributed by atoms with Gasteiger partial charge in [0.2, 0.25) is 0 Å². The average molecular weight is 332 g/mol. The van der Waals surface area contributed by atoms with Gasteiger partial charge in [0.1, 0.15) is 5.75 Å². The highest BCUT2D eigenvalue weighted by atomic mass is 35.5. The molecule has 0 atom stereocenters. The zero-order chi connectivity index (χ0) is 16.3. The van der Waals surface area contributed by atoms with E-state index < -0.39 is 18.1 Å². The van der Waals surface area contributed by atoms with Crippen molar-refractivity contribution in [2.45, 2.75) is 6.36 Å². The number of ether oxygens (including phenoxy) is 2. The Morgan fingerprint density at radius 3 is 2.64 bits per heavy atom. The monoisotopic (exact) mass is 331 g/mol. The molecular weight excluding hydrogens is 323 g/mol. The van der Waals surface area contributed by atoms with Gasteiger partial charge in [0, 0.05) is 11.8 Å². The molecule has 116 valence electrons. The van der Waals surface area contributed by atoms with E-state index >= 15 is 0 Å². The smallest absolute Gasteiger partial charge is 0.465 e. The summed E-state index contributed by atoms with van der Waals surface area (Å²) in [6.45, 7) is 0. The third-order valence-electron chi connectivity index (χ3n) is 2.60. The number of halogens is 4. The fourth-order valence-electron chi connectivity index (χ4n) is 1.78. The molecule has 22 heavy (non-hydrogen) atoms. The number of carbonyl (C=O) groups excluding carboxylic acids is 1. The second-order valence-electron chi connectivity index (χ2n) is 4.12. The molecule has 0 amide bonds. The van der Waals surface area contributed by atoms with Gasteiger partial charge in [0.05, 0.1) is 23.4 Å². The molecular formula is C14H9ClF3NO3. The topological polar surface area (TPSA) is 48.4 Å². The number of nitrogens with zero attached hydrogens (tertiary/aromatic N) is 1. The van der Waals surface area contributed by atoms with Crippen molar-refractivity contribution in [2.24, 2.45) is 0 Å². The molecule has 2 rings (SSSR count). The molecule has 0 spiro atoms. The van der Waals surface area contributed by atoms with Gasteiger partial charge in [0.15, 0.2) is 0 Å². The van der Waals surface area contributed by atoms with E-state index in [0.29, 0.717) is 0 Å². The number of benzene rings is 1. The van der Waals surface area contributed by atoms with Crippen LogP contribution in [0.15, 0.2) is 36.5 Å². The fraction of sp³-hybridized carbons (Fsp3) is 0.143. The molecule has 0 bridgehead atoms. The van der Waals surface area contributed by atoms with Crippen LogP contribution in [0, 0.1) is 0 Å². The van der Waals surface area contributed by atoms with Crippen LogP contribution in [0.3, 0.4) is 0 Å². The van der Waals surface area contributed by atoms with E-state index in [1.165, 1.54) is 31.5 Å². The third-order valence-corrected chi connectivity index (χ3v) is 2.81. The number of rotatable bonds is 3. The van der Waals surface area contributed by atoms with Crippen molar-refractivity contribution < 1.29 is 27.4 Å². The second kappa shape index (κ2) is 6.23. The summed E-state index contributed by atoms with van der Waals surface area (Å²) in [4.78, 5) is 15.7. The maximum absolute atomic E-state index is 12.3. The normalized spacial score (nSPS) is 11.1. The number of hydrogen-bond donors (Lipinski definition) is 0. The first kappa shape index (κ1) is 16.1. The van der Waals surface area contributed by atoms with Crippen molar-refractivity contribution >= 4 is 17.6 Å². The van der Waals surface area contributed by atoms with Crippen molar-refractivity contribution in [2.75, 3.05) is 7.11 Å². The number of esters is 1. The molecule has 2 aromatic rings. The quantitative estimate of drug-likeness (QED) is 0.795. The first-order valence-corrected chi connectivity index (χ1v) is 6.28. The first-order valence-electron chi connectivity index (χ1n) is 5.90. The van der Waals surface area contributed by atoms with Crippen LogP contribution in [0.5, 0.6) is 5.75 Å². The second-order valence-corrected chi connectivity index (χ2v) is 4.55. The summed E-state index contributed by atoms with van der Waals surface area (Å²) >= 11 is 5.78. The van der Waals surface area contributed by atoms with Gasteiger partial charge in [-0.05, 0) is 18.2 Å². The van der Waals surface area contributed by atoms with Gasteiger partial charge in [-0.15, -0.1) is 13.2 Å². The molecule has 1 aromatic heterocycles. The van der Waals surface area contributed by atoms with Gasteiger partial charge >= 0.3 is 12.3 Å². The summed E-state index contributed by atoms with van der Waals surface area (Å²) < 4.78 is 45.2. The van der Waals surface area contributed by atoms with Crippen molar-refractivity contribution in [1.82, 2.24) is 4.98 Å². The molecule has 0 radical (unpaired) electrons. The predicted octanol–water partition coefficient (Wildman–Crippen LogP) is 4.09. The summed E-state index contributed by atoms with van der Waals surface area (Å²) in [5.74, 6) is -1.12. The summed E-state index contributed by atoms with van der Waals surface area (Å²) in [6, 6.07) is 6.44. The molecule has 0 aliphatic carbocycles. The highest BCUT2D eigenvalue weighted by Crippen LogP contribution is 2.29. The molecule has 0 N–H and O–H groups in total. The van der Waals surface area contributed by atoms with Crippen molar-refractivity contribution in [3.8, 4) is 17.0 Å². The molecule has 0 aliphatic rings. The zero-order valence-electron chi connectivity index (χ0n) is 11.1. The van der Waals surface area contributed by atoms with Crippen molar-refractivity contribution in [3.05, 3.63) is 47.1 Å². The van der Waals surface area contributed by atoms with Crippen LogP contribution in [0.1, 0.15) is 10.4 Å². The Bertz CT molecular complexity index is 704. The molecule has 8 heteroatoms. The Hall–Kier alpha value is -2.28. The van der Waals surface area contributed by atoms with E-state index in [4.69, 9.17) is 11.6 Å². The van der Waals surface area contributed by atoms with Crippen molar-refractivity contribution in [3.63, 3.8) is 0 Å². The molecule has 0 saturated heterocycles. The average Bonchev–Trinajstić information content (AvgIpc) is 2.44. The van der Waals surface area contributed by atoms with Crippen molar-refractivity contribution in [1.29, 1.82) is 0 Å². The molecule has 1 heterocycles. The molecule has 0 aliphatic heterocycles. The Labute approximate surface area is 128 Å². The molecule has 0 unspecified atom stereocenters. The van der Waals surface area contributed by atoms with Crippen LogP contribution in [0.4, 0.5) is 13.2 Å². The largest absolute Gasteiger partial charge is 0.573 e. The van der Waals surface area contributed by atoms with E-state index in [-0.39, 0.29) is 21.8 Å². The number of aromatic nitrogens is 1. The predicted molar refractivity (Wildman–Crippen MR) is 72.7 cm³/mol. The van der Waals surface area contributed by atoms with Crippen LogP contribution in [-0.2, 0) is 4.74 Å². The minimum atomic E-state index is -4.81. The van der Waals surface area contributed by atoms with Crippen LogP contribution in [0.2, 0.25) is 5.02 Å². The number of pyridine rings is 1. The van der Waals surface area contributed by atoms with Gasteiger partial charge in [0.25, 0.3) is 0 Å². The summed E-state index contributed by atoms with van der Waals surface area (Å²) in [5, 5.41) is 0.201.